The fourth-order valence-electron chi connectivity index (χ4n) is 1.93. The molecule has 0 amide bonds. The maximum absolute atomic E-state index is 8.95. The van der Waals surface area contributed by atoms with Gasteiger partial charge in [0.25, 0.3) is 0 Å². The summed E-state index contributed by atoms with van der Waals surface area (Å²) in [5, 5.41) is 17.2. The first-order valence-corrected chi connectivity index (χ1v) is 6.22. The minimum Gasteiger partial charge on any atom is -0.486 e. The number of rotatable bonds is 3. The molecule has 0 atom stereocenters. The van der Waals surface area contributed by atoms with Crippen molar-refractivity contribution in [2.24, 2.45) is 0 Å². The third kappa shape index (κ3) is 2.50. The number of hydrogen-bond acceptors (Lipinski definition) is 5. The number of aromatic nitrogens is 3. The number of fused-ring (bicyclic) bond motifs is 1. The lowest BCUT2D eigenvalue weighted by Crippen LogP contribution is -2.16. The van der Waals surface area contributed by atoms with Crippen LogP contribution in [0.15, 0.2) is 18.3 Å². The van der Waals surface area contributed by atoms with Gasteiger partial charge in [-0.1, -0.05) is 16.8 Å². The number of aliphatic hydroxyl groups is 1. The third-order valence-electron chi connectivity index (χ3n) is 2.75. The predicted molar refractivity (Wildman–Crippen MR) is 67.5 cm³/mol. The Morgan fingerprint density at radius 1 is 1.32 bits per heavy atom. The van der Waals surface area contributed by atoms with E-state index in [4.69, 9.17) is 26.2 Å². The zero-order valence-corrected chi connectivity index (χ0v) is 10.8. The van der Waals surface area contributed by atoms with E-state index >= 15 is 0 Å². The molecule has 0 unspecified atom stereocenters. The maximum atomic E-state index is 8.95. The van der Waals surface area contributed by atoms with Crippen molar-refractivity contribution in [3.05, 3.63) is 34.6 Å². The lowest BCUT2D eigenvalue weighted by molar-refractivity contribution is 0.171. The number of benzene rings is 1. The van der Waals surface area contributed by atoms with Gasteiger partial charge in [0.15, 0.2) is 11.5 Å². The van der Waals surface area contributed by atoms with Crippen molar-refractivity contribution in [1.29, 1.82) is 0 Å². The molecule has 6 nitrogen and oxygen atoms in total. The molecule has 3 rings (SSSR count). The molecule has 0 fully saturated rings. The van der Waals surface area contributed by atoms with E-state index in [9.17, 15) is 0 Å². The summed E-state index contributed by atoms with van der Waals surface area (Å²) in [6.07, 6.45) is 1.69. The largest absolute Gasteiger partial charge is 0.486 e. The normalized spacial score (nSPS) is 13.6. The monoisotopic (exact) mass is 281 g/mol. The van der Waals surface area contributed by atoms with Crippen LogP contribution in [-0.4, -0.2) is 33.3 Å². The van der Waals surface area contributed by atoms with Gasteiger partial charge >= 0.3 is 0 Å². The lowest BCUT2D eigenvalue weighted by Gasteiger charge is -2.20. The average Bonchev–Trinajstić information content (AvgIpc) is 2.86. The fraction of sp³-hybridized carbons (Fsp3) is 0.333. The van der Waals surface area contributed by atoms with Crippen LogP contribution in [0, 0.1) is 0 Å². The van der Waals surface area contributed by atoms with E-state index in [1.54, 1.807) is 10.9 Å². The zero-order chi connectivity index (χ0) is 13.2. The molecule has 100 valence electrons. The van der Waals surface area contributed by atoms with Gasteiger partial charge < -0.3 is 14.6 Å². The molecule has 0 saturated carbocycles. The first-order valence-electron chi connectivity index (χ1n) is 5.84. The Morgan fingerprint density at radius 2 is 2.16 bits per heavy atom. The summed E-state index contributed by atoms with van der Waals surface area (Å²) in [7, 11) is 0. The SMILES string of the molecule is OCc1cn(Cc2cc(Cl)c3c(c2)OCCO3)nn1. The molecule has 1 aromatic carbocycles. The van der Waals surface area contributed by atoms with E-state index in [1.807, 2.05) is 12.1 Å². The molecule has 19 heavy (non-hydrogen) atoms. The Bertz CT molecular complexity index is 600. The van der Waals surface area contributed by atoms with Crippen molar-refractivity contribution in [2.75, 3.05) is 13.2 Å². The highest BCUT2D eigenvalue weighted by atomic mass is 35.5. The molecule has 1 N–H and O–H groups in total. The van der Waals surface area contributed by atoms with Crippen LogP contribution in [0.3, 0.4) is 0 Å². The van der Waals surface area contributed by atoms with Crippen LogP contribution >= 0.6 is 11.6 Å². The molecule has 2 aromatic rings. The summed E-state index contributed by atoms with van der Waals surface area (Å²) in [5.74, 6) is 1.24. The molecule has 1 aliphatic rings. The summed E-state index contributed by atoms with van der Waals surface area (Å²) in [5.41, 5.74) is 1.47. The van der Waals surface area contributed by atoms with Crippen LogP contribution in [0.4, 0.5) is 0 Å². The number of ether oxygens (including phenoxy) is 2. The molecule has 0 bridgehead atoms. The van der Waals surface area contributed by atoms with Crippen LogP contribution < -0.4 is 9.47 Å². The summed E-state index contributed by atoms with van der Waals surface area (Å²) >= 11 is 6.16. The van der Waals surface area contributed by atoms with Crippen molar-refractivity contribution in [3.63, 3.8) is 0 Å². The van der Waals surface area contributed by atoms with Crippen molar-refractivity contribution >= 4 is 11.6 Å². The molecule has 0 saturated heterocycles. The molecule has 1 aliphatic heterocycles. The Labute approximate surface area is 114 Å². The van der Waals surface area contributed by atoms with E-state index in [0.29, 0.717) is 42.0 Å². The summed E-state index contributed by atoms with van der Waals surface area (Å²) in [6, 6.07) is 3.69. The highest BCUT2D eigenvalue weighted by Crippen LogP contribution is 2.38. The van der Waals surface area contributed by atoms with E-state index in [0.717, 1.165) is 5.56 Å². The van der Waals surface area contributed by atoms with Crippen LogP contribution in [-0.2, 0) is 13.2 Å². The summed E-state index contributed by atoms with van der Waals surface area (Å²) in [4.78, 5) is 0. The Morgan fingerprint density at radius 3 is 2.95 bits per heavy atom. The van der Waals surface area contributed by atoms with Crippen molar-refractivity contribution in [3.8, 4) is 11.5 Å². The number of aliphatic hydroxyl groups excluding tert-OH is 1. The van der Waals surface area contributed by atoms with Gasteiger partial charge in [-0.3, -0.25) is 0 Å². The maximum Gasteiger partial charge on any atom is 0.179 e. The van der Waals surface area contributed by atoms with Gasteiger partial charge in [-0.15, -0.1) is 5.10 Å². The number of hydrogen-bond donors (Lipinski definition) is 1. The van der Waals surface area contributed by atoms with Crippen molar-refractivity contribution in [1.82, 2.24) is 15.0 Å². The van der Waals surface area contributed by atoms with Gasteiger partial charge in [-0.05, 0) is 17.7 Å². The topological polar surface area (TPSA) is 69.4 Å². The quantitative estimate of drug-likeness (QED) is 0.917. The van der Waals surface area contributed by atoms with Crippen LogP contribution in [0.2, 0.25) is 5.02 Å². The minimum atomic E-state index is -0.123. The first kappa shape index (κ1) is 12.3. The summed E-state index contributed by atoms with van der Waals surface area (Å²) in [6.45, 7) is 1.41. The Hall–Kier alpha value is -1.79. The van der Waals surface area contributed by atoms with Crippen LogP contribution in [0.5, 0.6) is 11.5 Å². The molecular weight excluding hydrogens is 270 g/mol. The molecule has 2 heterocycles. The molecule has 7 heteroatoms. The molecule has 0 radical (unpaired) electrons. The van der Waals surface area contributed by atoms with Gasteiger partial charge in [0.05, 0.1) is 24.4 Å². The van der Waals surface area contributed by atoms with E-state index < -0.39 is 0 Å². The summed E-state index contributed by atoms with van der Waals surface area (Å²) < 4.78 is 12.6. The van der Waals surface area contributed by atoms with E-state index in [1.165, 1.54) is 0 Å². The molecule has 1 aromatic heterocycles. The highest BCUT2D eigenvalue weighted by molar-refractivity contribution is 6.32. The molecular formula is C12H12ClN3O3. The van der Waals surface area contributed by atoms with Crippen LogP contribution in [0.25, 0.3) is 0 Å². The number of nitrogens with zero attached hydrogens (tertiary/aromatic N) is 3. The number of halogens is 1. The third-order valence-corrected chi connectivity index (χ3v) is 3.03. The molecule has 0 spiro atoms. The smallest absolute Gasteiger partial charge is 0.179 e. The van der Waals surface area contributed by atoms with Crippen molar-refractivity contribution in [2.45, 2.75) is 13.2 Å². The second kappa shape index (κ2) is 5.07. The van der Waals surface area contributed by atoms with Gasteiger partial charge in [0.2, 0.25) is 0 Å². The predicted octanol–water partition coefficient (Wildman–Crippen LogP) is 1.24. The lowest BCUT2D eigenvalue weighted by atomic mass is 10.2. The standard InChI is InChI=1S/C12H12ClN3O3/c13-10-3-8(4-11-12(10)19-2-1-18-11)5-16-6-9(7-17)14-15-16/h3-4,6,17H,1-2,5,7H2. The Balaban J connectivity index is 1.86. The second-order valence-corrected chi connectivity index (χ2v) is 4.57. The second-order valence-electron chi connectivity index (χ2n) is 4.17. The first-order chi connectivity index (χ1) is 9.26. The van der Waals surface area contributed by atoms with Gasteiger partial charge in [0.1, 0.15) is 18.9 Å². The van der Waals surface area contributed by atoms with E-state index in [-0.39, 0.29) is 6.61 Å². The fourth-order valence-corrected chi connectivity index (χ4v) is 2.22. The van der Waals surface area contributed by atoms with Crippen LogP contribution in [0.1, 0.15) is 11.3 Å². The van der Waals surface area contributed by atoms with E-state index in [2.05, 4.69) is 10.3 Å². The van der Waals surface area contributed by atoms with Gasteiger partial charge in [-0.25, -0.2) is 4.68 Å². The zero-order valence-electron chi connectivity index (χ0n) is 10.0. The minimum absolute atomic E-state index is 0.123. The van der Waals surface area contributed by atoms with Gasteiger partial charge in [-0.2, -0.15) is 0 Å². The molecule has 0 aliphatic carbocycles. The van der Waals surface area contributed by atoms with Crippen molar-refractivity contribution < 1.29 is 14.6 Å². The Kier molecular flexibility index (Phi) is 3.27. The average molecular weight is 282 g/mol. The highest BCUT2D eigenvalue weighted by Gasteiger charge is 2.16. The van der Waals surface area contributed by atoms with Gasteiger partial charge in [0, 0.05) is 0 Å².